The number of unbranched alkanes of at least 4 members (excludes halogenated alkanes) is 15. The number of ether oxygens (including phenoxy) is 3. The highest BCUT2D eigenvalue weighted by Crippen LogP contribution is 2.34. The molecule has 0 spiro atoms. The number of carbonyl (C=O) groups is 1. The second kappa shape index (κ2) is 26.8. The predicted molar refractivity (Wildman–Crippen MR) is 175 cm³/mol. The minimum Gasteiger partial charge on any atom is -0.493 e. The molecule has 1 rings (SSSR count). The van der Waals surface area contributed by atoms with Crippen LogP contribution >= 0.6 is 21.6 Å². The number of nitro benzene ring substituents is 1. The molecule has 0 bridgehead atoms. The molecule has 0 atom stereocenters. The second-order valence-corrected chi connectivity index (χ2v) is 13.1. The lowest BCUT2D eigenvalue weighted by Crippen LogP contribution is -2.25. The van der Waals surface area contributed by atoms with Gasteiger partial charge in [0.1, 0.15) is 6.61 Å². The number of nitrogens with one attached hydrogen (secondary N) is 1. The average Bonchev–Trinajstić information content (AvgIpc) is 2.99. The van der Waals surface area contributed by atoms with Crippen molar-refractivity contribution in [1.29, 1.82) is 0 Å². The molecule has 0 saturated carbocycles. The normalized spacial score (nSPS) is 10.9. The Morgan fingerprint density at radius 3 is 1.74 bits per heavy atom. The molecule has 11 heteroatoms. The largest absolute Gasteiger partial charge is 0.493 e. The molecule has 0 aliphatic rings. The summed E-state index contributed by atoms with van der Waals surface area (Å²) in [5, 5.41) is 11.3. The minimum absolute atomic E-state index is 0.190. The van der Waals surface area contributed by atoms with Gasteiger partial charge in [0.05, 0.1) is 37.4 Å². The lowest BCUT2D eigenvalue weighted by Gasteiger charge is -2.11. The van der Waals surface area contributed by atoms with Gasteiger partial charge in [-0.15, -0.1) is 0 Å². The van der Waals surface area contributed by atoms with Gasteiger partial charge in [0.25, 0.3) is 5.69 Å². The van der Waals surface area contributed by atoms with E-state index < -0.39 is 11.0 Å². The second-order valence-electron chi connectivity index (χ2n) is 10.4. The molecule has 0 aliphatic carbocycles. The summed E-state index contributed by atoms with van der Waals surface area (Å²) in [6.45, 7) is 2.36. The third kappa shape index (κ3) is 19.4. The smallest absolute Gasteiger partial charge is 0.431 e. The van der Waals surface area contributed by atoms with Crippen LogP contribution in [0.2, 0.25) is 0 Å². The third-order valence-corrected chi connectivity index (χ3v) is 9.51. The van der Waals surface area contributed by atoms with Crippen molar-refractivity contribution in [2.24, 2.45) is 0 Å². The van der Waals surface area contributed by atoms with Gasteiger partial charge in [-0.3, -0.25) is 15.0 Å². The zero-order chi connectivity index (χ0) is 30.7. The van der Waals surface area contributed by atoms with Crippen LogP contribution in [0.25, 0.3) is 0 Å². The van der Waals surface area contributed by atoms with Crippen molar-refractivity contribution < 1.29 is 28.8 Å². The first-order valence-electron chi connectivity index (χ1n) is 15.7. The molecule has 0 aromatic heterocycles. The van der Waals surface area contributed by atoms with E-state index >= 15 is 0 Å². The van der Waals surface area contributed by atoms with Crippen LogP contribution in [0.1, 0.15) is 122 Å². The van der Waals surface area contributed by atoms with Crippen LogP contribution in [0.4, 0.5) is 10.5 Å². The van der Waals surface area contributed by atoms with E-state index in [0.29, 0.717) is 12.4 Å². The molecule has 1 N–H and O–H groups in total. The van der Waals surface area contributed by atoms with Crippen LogP contribution in [0.3, 0.4) is 0 Å². The number of nitrogens with zero attached hydrogens (tertiary/aromatic N) is 1. The highest BCUT2D eigenvalue weighted by atomic mass is 33.1. The van der Waals surface area contributed by atoms with E-state index in [4.69, 9.17) is 19.0 Å². The summed E-state index contributed by atoms with van der Waals surface area (Å²) in [5.74, 6) is 3.12. The van der Waals surface area contributed by atoms with Crippen LogP contribution < -0.4 is 15.0 Å². The highest BCUT2D eigenvalue weighted by molar-refractivity contribution is 8.76. The zero-order valence-electron chi connectivity index (χ0n) is 26.1. The molecule has 1 aromatic rings. The number of carbonyl (C=O) groups excluding carboxylic acids is 1. The standard InChI is InChI=1S/C31H54N2O7S2/c1-4-5-6-7-8-13-16-19-22-41-42-23-20-17-14-11-9-10-12-15-18-21-40-32-31(34)39-26-27-24-29(37-2)30(38-3)25-28(27)33(35)36/h24-25H,4-23,26H2,1-3H3,(H,32,34). The van der Waals surface area contributed by atoms with E-state index in [1.54, 1.807) is 0 Å². The van der Waals surface area contributed by atoms with E-state index in [2.05, 4.69) is 34.0 Å². The Morgan fingerprint density at radius 1 is 0.762 bits per heavy atom. The molecule has 42 heavy (non-hydrogen) atoms. The summed E-state index contributed by atoms with van der Waals surface area (Å²) in [4.78, 5) is 27.9. The Balaban J connectivity index is 1.91. The number of benzene rings is 1. The monoisotopic (exact) mass is 630 g/mol. The van der Waals surface area contributed by atoms with Crippen molar-refractivity contribution in [2.45, 2.75) is 123 Å². The summed E-state index contributed by atoms with van der Waals surface area (Å²) in [7, 11) is 6.93. The lowest BCUT2D eigenvalue weighted by atomic mass is 10.1. The van der Waals surface area contributed by atoms with Crippen molar-refractivity contribution in [3.63, 3.8) is 0 Å². The lowest BCUT2D eigenvalue weighted by molar-refractivity contribution is -0.385. The predicted octanol–water partition coefficient (Wildman–Crippen LogP) is 9.80. The first-order valence-corrected chi connectivity index (χ1v) is 18.2. The molecule has 0 aliphatic heterocycles. The van der Waals surface area contributed by atoms with Gasteiger partial charge in [0.15, 0.2) is 11.5 Å². The summed E-state index contributed by atoms with van der Waals surface area (Å²) in [6, 6.07) is 2.66. The van der Waals surface area contributed by atoms with E-state index in [1.807, 2.05) is 0 Å². The van der Waals surface area contributed by atoms with Gasteiger partial charge < -0.3 is 14.2 Å². The van der Waals surface area contributed by atoms with E-state index in [1.165, 1.54) is 128 Å². The van der Waals surface area contributed by atoms with E-state index in [0.717, 1.165) is 19.3 Å². The molecule has 0 radical (unpaired) electrons. The minimum atomic E-state index is -0.806. The van der Waals surface area contributed by atoms with E-state index in [-0.39, 0.29) is 23.6 Å². The summed E-state index contributed by atoms with van der Waals surface area (Å²) < 4.78 is 15.3. The number of hydrogen-bond acceptors (Lipinski definition) is 9. The van der Waals surface area contributed by atoms with Gasteiger partial charge in [-0.2, -0.15) is 5.48 Å². The fourth-order valence-corrected chi connectivity index (χ4v) is 6.76. The number of rotatable bonds is 28. The first kappa shape index (κ1) is 38.2. The maximum absolute atomic E-state index is 11.9. The molecule has 242 valence electrons. The zero-order valence-corrected chi connectivity index (χ0v) is 27.8. The summed E-state index contributed by atoms with van der Waals surface area (Å²) in [6.07, 6.45) is 21.2. The van der Waals surface area contributed by atoms with Crippen molar-refractivity contribution in [2.75, 3.05) is 32.3 Å². The maximum atomic E-state index is 11.9. The Bertz CT molecular complexity index is 846. The maximum Gasteiger partial charge on any atom is 0.431 e. The topological polar surface area (TPSA) is 109 Å². The van der Waals surface area contributed by atoms with Gasteiger partial charge in [0.2, 0.25) is 0 Å². The quantitative estimate of drug-likeness (QED) is 0.0419. The van der Waals surface area contributed by atoms with Gasteiger partial charge in [-0.05, 0) is 25.3 Å². The number of hydrogen-bond donors (Lipinski definition) is 1. The SMILES string of the molecule is CCCCCCCCCCSSCCCCCCCCCCCONC(=O)OCc1cc(OC)c(OC)cc1[N+](=O)[O-]. The molecule has 0 heterocycles. The van der Waals surface area contributed by atoms with Crippen LogP contribution in [0.15, 0.2) is 12.1 Å². The molecule has 0 unspecified atom stereocenters. The van der Waals surface area contributed by atoms with E-state index in [9.17, 15) is 14.9 Å². The molecule has 1 amide bonds. The van der Waals surface area contributed by atoms with Crippen molar-refractivity contribution >= 4 is 33.4 Å². The molecule has 9 nitrogen and oxygen atoms in total. The third-order valence-electron chi connectivity index (χ3n) is 6.93. The fraction of sp³-hybridized carbons (Fsp3) is 0.774. The van der Waals surface area contributed by atoms with Gasteiger partial charge >= 0.3 is 6.09 Å². The Kier molecular flexibility index (Phi) is 24.3. The molecule has 0 fully saturated rings. The molecule has 1 aromatic carbocycles. The summed E-state index contributed by atoms with van der Waals surface area (Å²) >= 11 is 0. The number of amides is 1. The molecule has 0 saturated heterocycles. The Morgan fingerprint density at radius 2 is 1.24 bits per heavy atom. The average molecular weight is 631 g/mol. The summed E-state index contributed by atoms with van der Waals surface area (Å²) in [5.41, 5.74) is 2.19. The van der Waals surface area contributed by atoms with Crippen molar-refractivity contribution in [1.82, 2.24) is 5.48 Å². The van der Waals surface area contributed by atoms with Crippen LogP contribution in [0, 0.1) is 10.1 Å². The molecular formula is C31H54N2O7S2. The number of nitro groups is 1. The van der Waals surface area contributed by atoms with Crippen molar-refractivity contribution in [3.05, 3.63) is 27.8 Å². The highest BCUT2D eigenvalue weighted by Gasteiger charge is 2.20. The van der Waals surface area contributed by atoms with Crippen molar-refractivity contribution in [3.8, 4) is 11.5 Å². The Labute approximate surface area is 261 Å². The van der Waals surface area contributed by atoms with Gasteiger partial charge in [-0.25, -0.2) is 4.79 Å². The fourth-order valence-electron chi connectivity index (χ4n) is 4.46. The van der Waals surface area contributed by atoms with Gasteiger partial charge in [-0.1, -0.05) is 118 Å². The van der Waals surface area contributed by atoms with Crippen LogP contribution in [-0.4, -0.2) is 43.3 Å². The van der Waals surface area contributed by atoms with Gasteiger partial charge in [0, 0.05) is 11.5 Å². The number of hydroxylamine groups is 1. The molecular weight excluding hydrogens is 576 g/mol. The Hall–Kier alpha value is -1.85. The van der Waals surface area contributed by atoms with Crippen LogP contribution in [-0.2, 0) is 16.2 Å². The van der Waals surface area contributed by atoms with Crippen LogP contribution in [0.5, 0.6) is 11.5 Å². The first-order chi connectivity index (χ1) is 20.5. The number of methoxy groups -OCH3 is 2.